The number of nitrogens with zero attached hydrogens (tertiary/aromatic N) is 3. The number of fused-ring (bicyclic) bond motifs is 1. The lowest BCUT2D eigenvalue weighted by Gasteiger charge is -2.26. The van der Waals surface area contributed by atoms with Crippen molar-refractivity contribution in [3.05, 3.63) is 84.2 Å². The van der Waals surface area contributed by atoms with Crippen molar-refractivity contribution in [3.8, 4) is 11.3 Å². The maximum absolute atomic E-state index is 13.1. The average molecular weight is 488 g/mol. The van der Waals surface area contributed by atoms with Crippen LogP contribution < -0.4 is 10.6 Å². The minimum absolute atomic E-state index is 0.200. The molecule has 2 heterocycles. The summed E-state index contributed by atoms with van der Waals surface area (Å²) in [5, 5.41) is 7.01. The highest BCUT2D eigenvalue weighted by Gasteiger charge is 2.26. The lowest BCUT2D eigenvalue weighted by molar-refractivity contribution is 0.102. The molecular weight excluding hydrogens is 462 g/mol. The molecule has 1 aliphatic heterocycles. The molecule has 4 aromatic rings. The van der Waals surface area contributed by atoms with Crippen LogP contribution in [0.3, 0.4) is 0 Å². The largest absolute Gasteiger partial charge is 0.322 e. The molecule has 0 bridgehead atoms. The number of aryl methyl sites for hydroxylation is 1. The van der Waals surface area contributed by atoms with Gasteiger partial charge < -0.3 is 10.6 Å². The van der Waals surface area contributed by atoms with Crippen molar-refractivity contribution in [2.75, 3.05) is 31.5 Å². The van der Waals surface area contributed by atoms with Gasteiger partial charge in [-0.15, -0.1) is 0 Å². The standard InChI is InChI=1S/C26H25N5O3S/c1-18-15-21(35(33,34)31-13-11-27-12-14-31)9-10-22(18)26(32)30-20-6-4-5-19(16-20)25-23-7-2-3-8-24(23)28-17-29-25/h2-10,15-17,27H,11-14H2,1H3,(H,30,32). The Kier molecular flexibility index (Phi) is 6.29. The Morgan fingerprint density at radius 2 is 1.77 bits per heavy atom. The monoisotopic (exact) mass is 487 g/mol. The van der Waals surface area contributed by atoms with Crippen LogP contribution in [0.15, 0.2) is 78.0 Å². The van der Waals surface area contributed by atoms with Crippen molar-refractivity contribution in [3.63, 3.8) is 0 Å². The van der Waals surface area contributed by atoms with Crippen LogP contribution in [0.2, 0.25) is 0 Å². The van der Waals surface area contributed by atoms with E-state index < -0.39 is 10.0 Å². The van der Waals surface area contributed by atoms with Crippen LogP contribution in [0, 0.1) is 6.92 Å². The lowest BCUT2D eigenvalue weighted by Crippen LogP contribution is -2.46. The predicted molar refractivity (Wildman–Crippen MR) is 136 cm³/mol. The Morgan fingerprint density at radius 1 is 0.971 bits per heavy atom. The normalized spacial score (nSPS) is 14.7. The van der Waals surface area contributed by atoms with Gasteiger partial charge in [0.15, 0.2) is 0 Å². The number of amides is 1. The zero-order valence-electron chi connectivity index (χ0n) is 19.2. The van der Waals surface area contributed by atoms with Crippen molar-refractivity contribution in [2.45, 2.75) is 11.8 Å². The van der Waals surface area contributed by atoms with Gasteiger partial charge in [-0.25, -0.2) is 18.4 Å². The van der Waals surface area contributed by atoms with E-state index in [4.69, 9.17) is 0 Å². The number of carbonyl (C=O) groups excluding carboxylic acids is 1. The highest BCUT2D eigenvalue weighted by Crippen LogP contribution is 2.27. The minimum atomic E-state index is -3.59. The van der Waals surface area contributed by atoms with Crippen molar-refractivity contribution in [1.82, 2.24) is 19.6 Å². The molecule has 1 aliphatic rings. The summed E-state index contributed by atoms with van der Waals surface area (Å²) in [6.07, 6.45) is 1.53. The van der Waals surface area contributed by atoms with E-state index in [0.29, 0.717) is 43.0 Å². The summed E-state index contributed by atoms with van der Waals surface area (Å²) >= 11 is 0. The highest BCUT2D eigenvalue weighted by atomic mass is 32.2. The van der Waals surface area contributed by atoms with Gasteiger partial charge in [-0.05, 0) is 48.9 Å². The first-order valence-corrected chi connectivity index (χ1v) is 12.8. The number of hydrogen-bond acceptors (Lipinski definition) is 6. The van der Waals surface area contributed by atoms with Crippen LogP contribution in [0.1, 0.15) is 15.9 Å². The molecular formula is C26H25N5O3S. The van der Waals surface area contributed by atoms with Gasteiger partial charge in [-0.3, -0.25) is 4.79 Å². The molecule has 1 aromatic heterocycles. The van der Waals surface area contributed by atoms with Crippen molar-refractivity contribution in [2.24, 2.45) is 0 Å². The number of piperazine rings is 1. The number of para-hydroxylation sites is 1. The molecule has 0 saturated carbocycles. The van der Waals surface area contributed by atoms with Crippen LogP contribution in [0.4, 0.5) is 5.69 Å². The van der Waals surface area contributed by atoms with Crippen molar-refractivity contribution >= 4 is 32.5 Å². The molecule has 2 N–H and O–H groups in total. The number of rotatable bonds is 5. The zero-order chi connectivity index (χ0) is 24.4. The fraction of sp³-hybridized carbons (Fsp3) is 0.192. The van der Waals surface area contributed by atoms with Crippen LogP contribution in [0.5, 0.6) is 0 Å². The second-order valence-corrected chi connectivity index (χ2v) is 10.3. The first-order chi connectivity index (χ1) is 16.9. The first-order valence-electron chi connectivity index (χ1n) is 11.4. The number of anilines is 1. The number of benzene rings is 3. The third-order valence-corrected chi connectivity index (χ3v) is 7.99. The second kappa shape index (κ2) is 9.53. The Hall–Kier alpha value is -3.66. The SMILES string of the molecule is Cc1cc(S(=O)(=O)N2CCNCC2)ccc1C(=O)Nc1cccc(-c2ncnc3ccccc23)c1. The molecule has 0 atom stereocenters. The van der Waals surface area contributed by atoms with E-state index >= 15 is 0 Å². The van der Waals surface area contributed by atoms with Crippen LogP contribution in [-0.4, -0.2) is 54.8 Å². The minimum Gasteiger partial charge on any atom is -0.322 e. The van der Waals surface area contributed by atoms with Gasteiger partial charge in [-0.2, -0.15) is 4.31 Å². The Balaban J connectivity index is 1.38. The first kappa shape index (κ1) is 23.1. The molecule has 35 heavy (non-hydrogen) atoms. The summed E-state index contributed by atoms with van der Waals surface area (Å²) in [6, 6.07) is 19.9. The van der Waals surface area contributed by atoms with Crippen LogP contribution >= 0.6 is 0 Å². The van der Waals surface area contributed by atoms with Crippen LogP contribution in [0.25, 0.3) is 22.2 Å². The number of hydrogen-bond donors (Lipinski definition) is 2. The van der Waals surface area contributed by atoms with Gasteiger partial charge in [0.2, 0.25) is 10.0 Å². The van der Waals surface area contributed by atoms with E-state index in [9.17, 15) is 13.2 Å². The molecule has 0 aliphatic carbocycles. The van der Waals surface area contributed by atoms with Gasteiger partial charge in [0.25, 0.3) is 5.91 Å². The molecule has 3 aromatic carbocycles. The maximum atomic E-state index is 13.1. The second-order valence-electron chi connectivity index (χ2n) is 8.41. The Morgan fingerprint density at radius 3 is 2.57 bits per heavy atom. The van der Waals surface area contributed by atoms with E-state index in [2.05, 4.69) is 20.6 Å². The van der Waals surface area contributed by atoms with Gasteiger partial charge in [0, 0.05) is 48.4 Å². The van der Waals surface area contributed by atoms with E-state index in [0.717, 1.165) is 22.2 Å². The molecule has 0 unspecified atom stereocenters. The third-order valence-electron chi connectivity index (χ3n) is 6.09. The van der Waals surface area contributed by atoms with Gasteiger partial charge >= 0.3 is 0 Å². The van der Waals surface area contributed by atoms with Gasteiger partial charge in [0.05, 0.1) is 16.1 Å². The average Bonchev–Trinajstić information content (AvgIpc) is 2.89. The molecule has 178 valence electrons. The van der Waals surface area contributed by atoms with Crippen molar-refractivity contribution in [1.29, 1.82) is 0 Å². The highest BCUT2D eigenvalue weighted by molar-refractivity contribution is 7.89. The Labute approximate surface area is 204 Å². The van der Waals surface area contributed by atoms with Crippen LogP contribution in [-0.2, 0) is 10.0 Å². The fourth-order valence-electron chi connectivity index (χ4n) is 4.26. The quantitative estimate of drug-likeness (QED) is 0.447. The van der Waals surface area contributed by atoms with Gasteiger partial charge in [0.1, 0.15) is 6.33 Å². The molecule has 1 fully saturated rings. The summed E-state index contributed by atoms with van der Waals surface area (Å²) in [7, 11) is -3.59. The predicted octanol–water partition coefficient (Wildman–Crippen LogP) is 3.45. The lowest BCUT2D eigenvalue weighted by atomic mass is 10.1. The third kappa shape index (κ3) is 4.66. The van der Waals surface area contributed by atoms with Crippen molar-refractivity contribution < 1.29 is 13.2 Å². The summed E-state index contributed by atoms with van der Waals surface area (Å²) in [5.74, 6) is -0.307. The number of nitrogens with one attached hydrogen (secondary N) is 2. The van der Waals surface area contributed by atoms with E-state index in [1.807, 2.05) is 48.5 Å². The fourth-order valence-corrected chi connectivity index (χ4v) is 5.79. The summed E-state index contributed by atoms with van der Waals surface area (Å²) < 4.78 is 27.4. The number of aromatic nitrogens is 2. The topological polar surface area (TPSA) is 104 Å². The number of carbonyl (C=O) groups is 1. The zero-order valence-corrected chi connectivity index (χ0v) is 20.0. The Bertz CT molecular complexity index is 1510. The summed E-state index contributed by atoms with van der Waals surface area (Å²) in [5.41, 5.74) is 4.12. The smallest absolute Gasteiger partial charge is 0.255 e. The summed E-state index contributed by atoms with van der Waals surface area (Å²) in [4.78, 5) is 22.0. The van der Waals surface area contributed by atoms with Gasteiger partial charge in [-0.1, -0.05) is 30.3 Å². The maximum Gasteiger partial charge on any atom is 0.255 e. The molecule has 1 saturated heterocycles. The van der Waals surface area contributed by atoms with E-state index in [-0.39, 0.29) is 10.8 Å². The number of sulfonamides is 1. The molecule has 5 rings (SSSR count). The van der Waals surface area contributed by atoms with E-state index in [1.54, 1.807) is 19.1 Å². The molecule has 1 amide bonds. The molecule has 8 nitrogen and oxygen atoms in total. The van der Waals surface area contributed by atoms with E-state index in [1.165, 1.54) is 16.7 Å². The molecule has 9 heteroatoms. The molecule has 0 spiro atoms. The molecule has 0 radical (unpaired) electrons. The summed E-state index contributed by atoms with van der Waals surface area (Å²) in [6.45, 7) is 3.86.